The second-order valence-electron chi connectivity index (χ2n) is 2.56. The van der Waals surface area contributed by atoms with Crippen LogP contribution in [0, 0.1) is 0 Å². The first-order valence-corrected chi connectivity index (χ1v) is 4.56. The van der Waals surface area contributed by atoms with Gasteiger partial charge in [-0.15, -0.1) is 0 Å². The molecule has 0 aromatic rings. The van der Waals surface area contributed by atoms with Gasteiger partial charge in [0.2, 0.25) is 0 Å². The molecule has 13 heavy (non-hydrogen) atoms. The van der Waals surface area contributed by atoms with Crippen LogP contribution in [0.25, 0.3) is 0 Å². The number of rotatable bonds is 8. The number of ether oxygens (including phenoxy) is 3. The molecule has 0 aliphatic rings. The lowest BCUT2D eigenvalue weighted by Crippen LogP contribution is -2.11. The summed E-state index contributed by atoms with van der Waals surface area (Å²) in [5.74, 6) is -0.272. The second kappa shape index (κ2) is 9.48. The minimum atomic E-state index is -0.272. The fourth-order valence-corrected chi connectivity index (χ4v) is 0.711. The van der Waals surface area contributed by atoms with E-state index >= 15 is 0 Å². The van der Waals surface area contributed by atoms with E-state index in [1.807, 2.05) is 0 Å². The van der Waals surface area contributed by atoms with Crippen molar-refractivity contribution in [3.63, 3.8) is 0 Å². The van der Waals surface area contributed by atoms with Crippen LogP contribution in [0.4, 0.5) is 0 Å². The molecule has 0 saturated heterocycles. The molecule has 0 aliphatic carbocycles. The summed E-state index contributed by atoms with van der Waals surface area (Å²) >= 11 is 0. The molecule has 78 valence electrons. The van der Waals surface area contributed by atoms with Gasteiger partial charge >= 0.3 is 5.97 Å². The van der Waals surface area contributed by atoms with Gasteiger partial charge < -0.3 is 14.2 Å². The standard InChI is InChI=1S/C9H18O4/c1-3-4-11-5-6-12-7-8-13-9(2)10/h3-8H2,1-2H3. The van der Waals surface area contributed by atoms with Gasteiger partial charge in [0.25, 0.3) is 0 Å². The Kier molecular flexibility index (Phi) is 9.03. The van der Waals surface area contributed by atoms with Gasteiger partial charge in [-0.25, -0.2) is 0 Å². The van der Waals surface area contributed by atoms with E-state index in [0.29, 0.717) is 26.4 Å². The average Bonchev–Trinajstić information content (AvgIpc) is 2.09. The van der Waals surface area contributed by atoms with Gasteiger partial charge in [-0.3, -0.25) is 4.79 Å². The van der Waals surface area contributed by atoms with Crippen LogP contribution in [0.15, 0.2) is 0 Å². The van der Waals surface area contributed by atoms with Gasteiger partial charge in [0.1, 0.15) is 6.61 Å². The number of carbonyl (C=O) groups excluding carboxylic acids is 1. The minimum Gasteiger partial charge on any atom is -0.463 e. The monoisotopic (exact) mass is 190 g/mol. The third kappa shape index (κ3) is 11.4. The van der Waals surface area contributed by atoms with Crippen LogP contribution < -0.4 is 0 Å². The highest BCUT2D eigenvalue weighted by molar-refractivity contribution is 5.65. The third-order valence-electron chi connectivity index (χ3n) is 1.25. The van der Waals surface area contributed by atoms with Crippen molar-refractivity contribution in [3.05, 3.63) is 0 Å². The molecule has 0 rings (SSSR count). The summed E-state index contributed by atoms with van der Waals surface area (Å²) in [4.78, 5) is 10.3. The minimum absolute atomic E-state index is 0.272. The predicted octanol–water partition coefficient (Wildman–Crippen LogP) is 0.993. The molecule has 0 fully saturated rings. The summed E-state index contributed by atoms with van der Waals surface area (Å²) < 4.78 is 15.0. The van der Waals surface area contributed by atoms with Crippen molar-refractivity contribution < 1.29 is 19.0 Å². The molecular formula is C9H18O4. The molecule has 0 bridgehead atoms. The Bertz CT molecular complexity index is 125. The maximum Gasteiger partial charge on any atom is 0.302 e. The average molecular weight is 190 g/mol. The molecule has 4 heteroatoms. The third-order valence-corrected chi connectivity index (χ3v) is 1.25. The Balaban J connectivity index is 2.87. The molecule has 0 aromatic carbocycles. The topological polar surface area (TPSA) is 44.8 Å². The summed E-state index contributed by atoms with van der Waals surface area (Å²) in [6, 6.07) is 0. The van der Waals surface area contributed by atoms with Crippen LogP contribution in [-0.4, -0.2) is 39.0 Å². The lowest BCUT2D eigenvalue weighted by molar-refractivity contribution is -0.142. The Hall–Kier alpha value is -0.610. The Morgan fingerprint density at radius 1 is 1.00 bits per heavy atom. The second-order valence-corrected chi connectivity index (χ2v) is 2.56. The highest BCUT2D eigenvalue weighted by Gasteiger charge is 1.92. The largest absolute Gasteiger partial charge is 0.463 e. The number of hydrogen-bond donors (Lipinski definition) is 0. The Morgan fingerprint density at radius 2 is 1.54 bits per heavy atom. The number of carbonyl (C=O) groups is 1. The lowest BCUT2D eigenvalue weighted by atomic mass is 10.5. The first-order chi connectivity index (χ1) is 6.27. The molecule has 0 unspecified atom stereocenters. The van der Waals surface area contributed by atoms with Crippen LogP contribution in [0.5, 0.6) is 0 Å². The van der Waals surface area contributed by atoms with Gasteiger partial charge in [-0.2, -0.15) is 0 Å². The van der Waals surface area contributed by atoms with Crippen LogP contribution in [-0.2, 0) is 19.0 Å². The number of esters is 1. The highest BCUT2D eigenvalue weighted by atomic mass is 16.6. The molecular weight excluding hydrogens is 172 g/mol. The van der Waals surface area contributed by atoms with E-state index in [2.05, 4.69) is 11.7 Å². The summed E-state index contributed by atoms with van der Waals surface area (Å²) in [5, 5.41) is 0. The first-order valence-electron chi connectivity index (χ1n) is 4.56. The molecule has 0 aliphatic heterocycles. The number of hydrogen-bond acceptors (Lipinski definition) is 4. The summed E-state index contributed by atoms with van der Waals surface area (Å²) in [6.07, 6.45) is 1.02. The maximum absolute atomic E-state index is 10.3. The molecule has 0 saturated carbocycles. The fourth-order valence-electron chi connectivity index (χ4n) is 0.711. The van der Waals surface area contributed by atoms with E-state index in [9.17, 15) is 4.79 Å². The van der Waals surface area contributed by atoms with Crippen molar-refractivity contribution in [2.75, 3.05) is 33.0 Å². The Morgan fingerprint density at radius 3 is 2.08 bits per heavy atom. The van der Waals surface area contributed by atoms with Gasteiger partial charge in [-0.05, 0) is 6.42 Å². The lowest BCUT2D eigenvalue weighted by Gasteiger charge is -2.04. The van der Waals surface area contributed by atoms with Crippen molar-refractivity contribution >= 4 is 5.97 Å². The normalized spacial score (nSPS) is 10.0. The van der Waals surface area contributed by atoms with Crippen LogP contribution >= 0.6 is 0 Å². The van der Waals surface area contributed by atoms with Crippen LogP contribution in [0.2, 0.25) is 0 Å². The highest BCUT2D eigenvalue weighted by Crippen LogP contribution is 1.83. The molecule has 0 aromatic heterocycles. The zero-order chi connectivity index (χ0) is 9.94. The van der Waals surface area contributed by atoms with E-state index in [-0.39, 0.29) is 5.97 Å². The van der Waals surface area contributed by atoms with Crippen LogP contribution in [0.1, 0.15) is 20.3 Å². The van der Waals surface area contributed by atoms with Crippen molar-refractivity contribution in [2.24, 2.45) is 0 Å². The van der Waals surface area contributed by atoms with Gasteiger partial charge in [0, 0.05) is 13.5 Å². The van der Waals surface area contributed by atoms with E-state index in [1.54, 1.807) is 0 Å². The summed E-state index contributed by atoms with van der Waals surface area (Å²) in [6.45, 7) is 6.13. The molecule has 0 radical (unpaired) electrons. The zero-order valence-corrected chi connectivity index (χ0v) is 8.38. The van der Waals surface area contributed by atoms with Gasteiger partial charge in [-0.1, -0.05) is 6.92 Å². The molecule has 0 heterocycles. The van der Waals surface area contributed by atoms with Crippen molar-refractivity contribution in [1.82, 2.24) is 0 Å². The van der Waals surface area contributed by atoms with E-state index < -0.39 is 0 Å². The van der Waals surface area contributed by atoms with Crippen molar-refractivity contribution in [1.29, 1.82) is 0 Å². The van der Waals surface area contributed by atoms with Gasteiger partial charge in [0.05, 0.1) is 19.8 Å². The Labute approximate surface area is 79.2 Å². The first kappa shape index (κ1) is 12.4. The summed E-state index contributed by atoms with van der Waals surface area (Å²) in [5.41, 5.74) is 0. The maximum atomic E-state index is 10.3. The molecule has 0 atom stereocenters. The molecule has 0 spiro atoms. The smallest absolute Gasteiger partial charge is 0.302 e. The van der Waals surface area contributed by atoms with E-state index in [4.69, 9.17) is 9.47 Å². The van der Waals surface area contributed by atoms with Crippen molar-refractivity contribution in [3.8, 4) is 0 Å². The fraction of sp³-hybridized carbons (Fsp3) is 0.889. The van der Waals surface area contributed by atoms with Gasteiger partial charge in [0.15, 0.2) is 0 Å². The quantitative estimate of drug-likeness (QED) is 0.423. The van der Waals surface area contributed by atoms with E-state index in [0.717, 1.165) is 13.0 Å². The van der Waals surface area contributed by atoms with Crippen LogP contribution in [0.3, 0.4) is 0 Å². The van der Waals surface area contributed by atoms with Crippen molar-refractivity contribution in [2.45, 2.75) is 20.3 Å². The molecule has 4 nitrogen and oxygen atoms in total. The van der Waals surface area contributed by atoms with E-state index in [1.165, 1.54) is 6.92 Å². The summed E-state index contributed by atoms with van der Waals surface area (Å²) in [7, 11) is 0. The molecule has 0 N–H and O–H groups in total. The zero-order valence-electron chi connectivity index (χ0n) is 8.38. The molecule has 0 amide bonds. The predicted molar refractivity (Wildman–Crippen MR) is 48.6 cm³/mol. The SMILES string of the molecule is CCCOCCOCCOC(C)=O.